The fourth-order valence-electron chi connectivity index (χ4n) is 2.02. The van der Waals surface area contributed by atoms with Gasteiger partial charge in [-0.05, 0) is 18.2 Å². The molecule has 1 heterocycles. The number of nitrogens with zero attached hydrogens (tertiary/aromatic N) is 1. The molecule has 2 aromatic carbocycles. The molecular formula is C14H10N3O2-. The van der Waals surface area contributed by atoms with Crippen molar-refractivity contribution >= 4 is 22.7 Å². The zero-order valence-corrected chi connectivity index (χ0v) is 9.88. The van der Waals surface area contributed by atoms with Crippen LogP contribution in [0.2, 0.25) is 0 Å². The lowest BCUT2D eigenvalue weighted by atomic mass is 10.1. The van der Waals surface area contributed by atoms with Crippen molar-refractivity contribution in [3.05, 3.63) is 48.0 Å². The van der Waals surface area contributed by atoms with Crippen molar-refractivity contribution in [3.8, 4) is 11.4 Å². The summed E-state index contributed by atoms with van der Waals surface area (Å²) >= 11 is 0. The van der Waals surface area contributed by atoms with Gasteiger partial charge in [-0.2, -0.15) is 0 Å². The number of nitrogens with two attached hydrogens (primary N) is 1. The molecule has 3 aromatic rings. The Morgan fingerprint density at radius 3 is 2.79 bits per heavy atom. The molecule has 3 N–H and O–H groups in total. The second-order valence-electron chi connectivity index (χ2n) is 4.20. The van der Waals surface area contributed by atoms with Crippen LogP contribution in [0.5, 0.6) is 0 Å². The van der Waals surface area contributed by atoms with Crippen molar-refractivity contribution in [2.75, 3.05) is 5.73 Å². The Hall–Kier alpha value is -2.82. The minimum absolute atomic E-state index is 0.106. The van der Waals surface area contributed by atoms with E-state index in [0.717, 1.165) is 11.0 Å². The van der Waals surface area contributed by atoms with Gasteiger partial charge in [-0.3, -0.25) is 0 Å². The Balaban J connectivity index is 2.22. The van der Waals surface area contributed by atoms with Crippen LogP contribution < -0.4 is 10.8 Å². The zero-order chi connectivity index (χ0) is 13.4. The summed E-state index contributed by atoms with van der Waals surface area (Å²) in [6, 6.07) is 11.9. The second-order valence-corrected chi connectivity index (χ2v) is 4.20. The quantitative estimate of drug-likeness (QED) is 0.669. The summed E-state index contributed by atoms with van der Waals surface area (Å²) in [7, 11) is 0. The van der Waals surface area contributed by atoms with Crippen LogP contribution >= 0.6 is 0 Å². The predicted octanol–water partition coefficient (Wildman–Crippen LogP) is 1.18. The van der Waals surface area contributed by atoms with E-state index in [0.29, 0.717) is 17.1 Å². The Morgan fingerprint density at radius 2 is 2.00 bits per heavy atom. The van der Waals surface area contributed by atoms with Crippen molar-refractivity contribution in [1.82, 2.24) is 9.97 Å². The van der Waals surface area contributed by atoms with Crippen LogP contribution in [0.4, 0.5) is 5.69 Å². The van der Waals surface area contributed by atoms with Crippen molar-refractivity contribution in [2.24, 2.45) is 0 Å². The number of benzene rings is 2. The van der Waals surface area contributed by atoms with E-state index >= 15 is 0 Å². The zero-order valence-electron chi connectivity index (χ0n) is 9.88. The second kappa shape index (κ2) is 4.13. The molecule has 0 amide bonds. The molecule has 3 rings (SSSR count). The Bertz CT molecular complexity index is 777. The van der Waals surface area contributed by atoms with Crippen LogP contribution in [0, 0.1) is 0 Å². The van der Waals surface area contributed by atoms with Gasteiger partial charge in [-0.15, -0.1) is 0 Å². The molecule has 0 aliphatic rings. The van der Waals surface area contributed by atoms with Crippen molar-refractivity contribution in [1.29, 1.82) is 0 Å². The number of carbonyl (C=O) groups is 1. The van der Waals surface area contributed by atoms with Gasteiger partial charge in [0.05, 0.1) is 17.0 Å². The number of carboxylic acid groups (broad SMARTS) is 1. The van der Waals surface area contributed by atoms with Crippen LogP contribution in [0.15, 0.2) is 42.5 Å². The Morgan fingerprint density at radius 1 is 1.21 bits per heavy atom. The lowest BCUT2D eigenvalue weighted by Crippen LogP contribution is -2.23. The number of carboxylic acids is 1. The first kappa shape index (κ1) is 11.3. The van der Waals surface area contributed by atoms with Gasteiger partial charge < -0.3 is 20.6 Å². The molecule has 1 aromatic heterocycles. The average molecular weight is 252 g/mol. The number of hydrogen-bond acceptors (Lipinski definition) is 4. The van der Waals surface area contributed by atoms with Gasteiger partial charge in [-0.1, -0.05) is 24.3 Å². The molecule has 94 valence electrons. The van der Waals surface area contributed by atoms with E-state index < -0.39 is 5.97 Å². The van der Waals surface area contributed by atoms with Crippen LogP contribution in [0.25, 0.3) is 22.4 Å². The van der Waals surface area contributed by atoms with Gasteiger partial charge in [0.25, 0.3) is 0 Å². The van der Waals surface area contributed by atoms with Crippen LogP contribution in [-0.2, 0) is 0 Å². The molecule has 0 unspecified atom stereocenters. The molecule has 5 nitrogen and oxygen atoms in total. The number of H-pyrrole nitrogens is 1. The van der Waals surface area contributed by atoms with Crippen LogP contribution in [0.1, 0.15) is 10.4 Å². The summed E-state index contributed by atoms with van der Waals surface area (Å²) in [5.41, 5.74) is 8.42. The molecular weight excluding hydrogens is 242 g/mol. The number of rotatable bonds is 2. The number of carbonyl (C=O) groups excluding carboxylic acids is 1. The van der Waals surface area contributed by atoms with E-state index in [9.17, 15) is 9.90 Å². The predicted molar refractivity (Wildman–Crippen MR) is 70.3 cm³/mol. The first-order chi connectivity index (χ1) is 9.15. The fraction of sp³-hybridized carbons (Fsp3) is 0. The maximum Gasteiger partial charge on any atom is 0.139 e. The highest BCUT2D eigenvalue weighted by molar-refractivity contribution is 5.94. The molecule has 0 aliphatic carbocycles. The van der Waals surface area contributed by atoms with Gasteiger partial charge in [0.15, 0.2) is 0 Å². The lowest BCUT2D eigenvalue weighted by Gasteiger charge is -2.07. The van der Waals surface area contributed by atoms with Crippen molar-refractivity contribution in [3.63, 3.8) is 0 Å². The molecule has 19 heavy (non-hydrogen) atoms. The molecule has 0 radical (unpaired) electrons. The normalized spacial score (nSPS) is 10.7. The molecule has 0 aliphatic heterocycles. The average Bonchev–Trinajstić information content (AvgIpc) is 2.81. The third-order valence-corrected chi connectivity index (χ3v) is 2.91. The van der Waals surface area contributed by atoms with Gasteiger partial charge in [0.2, 0.25) is 0 Å². The summed E-state index contributed by atoms with van der Waals surface area (Å²) < 4.78 is 0. The summed E-state index contributed by atoms with van der Waals surface area (Å²) in [5.74, 6) is -0.740. The summed E-state index contributed by atoms with van der Waals surface area (Å²) in [4.78, 5) is 18.5. The molecule has 0 bridgehead atoms. The third kappa shape index (κ3) is 1.91. The number of fused-ring (bicyclic) bond motifs is 1. The smallest absolute Gasteiger partial charge is 0.139 e. The van der Waals surface area contributed by atoms with E-state index in [1.165, 1.54) is 6.07 Å². The van der Waals surface area contributed by atoms with Crippen LogP contribution in [-0.4, -0.2) is 15.9 Å². The summed E-state index contributed by atoms with van der Waals surface area (Å²) in [6.07, 6.45) is 0. The first-order valence-corrected chi connectivity index (χ1v) is 5.71. The Labute approximate surface area is 108 Å². The largest absolute Gasteiger partial charge is 0.545 e. The van der Waals surface area contributed by atoms with E-state index in [-0.39, 0.29) is 5.56 Å². The van der Waals surface area contributed by atoms with Gasteiger partial charge in [0.1, 0.15) is 5.82 Å². The number of aromatic amines is 1. The number of hydrogen-bond donors (Lipinski definition) is 2. The first-order valence-electron chi connectivity index (χ1n) is 5.71. The highest BCUT2D eigenvalue weighted by atomic mass is 16.4. The van der Waals surface area contributed by atoms with Crippen molar-refractivity contribution in [2.45, 2.75) is 0 Å². The summed E-state index contributed by atoms with van der Waals surface area (Å²) in [6.45, 7) is 0. The van der Waals surface area contributed by atoms with E-state index in [1.807, 2.05) is 0 Å². The van der Waals surface area contributed by atoms with Gasteiger partial charge in [0, 0.05) is 16.8 Å². The number of imidazole rings is 1. The third-order valence-electron chi connectivity index (χ3n) is 2.91. The van der Waals surface area contributed by atoms with Gasteiger partial charge in [-0.25, -0.2) is 4.98 Å². The molecule has 5 heteroatoms. The molecule has 0 spiro atoms. The number of anilines is 1. The lowest BCUT2D eigenvalue weighted by molar-refractivity contribution is -0.254. The van der Waals surface area contributed by atoms with E-state index in [4.69, 9.17) is 5.73 Å². The maximum absolute atomic E-state index is 11.1. The number of nitrogen functional groups attached to an aromatic ring is 1. The van der Waals surface area contributed by atoms with Crippen molar-refractivity contribution < 1.29 is 9.90 Å². The highest BCUT2D eigenvalue weighted by Crippen LogP contribution is 2.24. The monoisotopic (exact) mass is 252 g/mol. The number of aromatic nitrogens is 2. The number of nitrogens with one attached hydrogen (secondary N) is 1. The minimum atomic E-state index is -1.23. The SMILES string of the molecule is Nc1ccc2nc(-c3ccccc3C(=O)[O-])[nH]c2c1. The minimum Gasteiger partial charge on any atom is -0.545 e. The summed E-state index contributed by atoms with van der Waals surface area (Å²) in [5, 5.41) is 11.1. The maximum atomic E-state index is 11.1. The van der Waals surface area contributed by atoms with Crippen LogP contribution in [0.3, 0.4) is 0 Å². The standard InChI is InChI=1S/C14H11N3O2/c15-8-5-6-11-12(7-8)17-13(16-11)9-3-1-2-4-10(9)14(18)19/h1-7H,15H2,(H,16,17)(H,18,19)/p-1. The Kier molecular flexibility index (Phi) is 2.45. The van der Waals surface area contributed by atoms with E-state index in [2.05, 4.69) is 9.97 Å². The fourth-order valence-corrected chi connectivity index (χ4v) is 2.02. The highest BCUT2D eigenvalue weighted by Gasteiger charge is 2.10. The molecule has 0 saturated heterocycles. The topological polar surface area (TPSA) is 94.8 Å². The number of aromatic carboxylic acids is 1. The molecule has 0 atom stereocenters. The van der Waals surface area contributed by atoms with Gasteiger partial charge >= 0.3 is 0 Å². The van der Waals surface area contributed by atoms with E-state index in [1.54, 1.807) is 36.4 Å². The molecule has 0 fully saturated rings. The molecule has 0 saturated carbocycles.